The lowest BCUT2D eigenvalue weighted by Crippen LogP contribution is -2.37. The molecule has 0 spiro atoms. The maximum atomic E-state index is 12.1. The molecular weight excluding hydrogens is 304 g/mol. The number of benzene rings is 1. The standard InChI is InChI=1S/C15H15ClN4O2/c16-12-3-1-2-11(8-12)14(21)19-13-9-17-15(18-10-13)20-4-6-22-7-5-20/h1-3,8-10H,4-7H2,(H,19,21). The monoisotopic (exact) mass is 318 g/mol. The SMILES string of the molecule is O=C(Nc1cnc(N2CCOCC2)nc1)c1cccc(Cl)c1. The minimum Gasteiger partial charge on any atom is -0.378 e. The van der Waals surface area contributed by atoms with E-state index in [0.717, 1.165) is 13.1 Å². The molecule has 0 atom stereocenters. The molecule has 22 heavy (non-hydrogen) atoms. The van der Waals surface area contributed by atoms with Crippen molar-refractivity contribution in [3.63, 3.8) is 0 Å². The van der Waals surface area contributed by atoms with Crippen molar-refractivity contribution in [2.24, 2.45) is 0 Å². The first-order chi connectivity index (χ1) is 10.7. The zero-order valence-corrected chi connectivity index (χ0v) is 12.6. The fourth-order valence-electron chi connectivity index (χ4n) is 2.15. The predicted octanol–water partition coefficient (Wildman–Crippen LogP) is 2.22. The Morgan fingerprint density at radius 1 is 1.23 bits per heavy atom. The molecule has 1 fully saturated rings. The number of carbonyl (C=O) groups excluding carboxylic acids is 1. The smallest absolute Gasteiger partial charge is 0.255 e. The minimum atomic E-state index is -0.245. The predicted molar refractivity (Wildman–Crippen MR) is 84.5 cm³/mol. The van der Waals surface area contributed by atoms with Gasteiger partial charge in [0.1, 0.15) is 0 Å². The Balaban J connectivity index is 1.66. The summed E-state index contributed by atoms with van der Waals surface area (Å²) in [5.41, 5.74) is 1.03. The maximum absolute atomic E-state index is 12.1. The lowest BCUT2D eigenvalue weighted by molar-refractivity contribution is 0.102. The normalized spacial score (nSPS) is 14.7. The van der Waals surface area contributed by atoms with Crippen molar-refractivity contribution in [1.82, 2.24) is 9.97 Å². The molecule has 0 saturated carbocycles. The summed E-state index contributed by atoms with van der Waals surface area (Å²) in [5, 5.41) is 3.27. The fraction of sp³-hybridized carbons (Fsp3) is 0.267. The first-order valence-corrected chi connectivity index (χ1v) is 7.32. The molecular formula is C15H15ClN4O2. The lowest BCUT2D eigenvalue weighted by atomic mass is 10.2. The number of hydrogen-bond acceptors (Lipinski definition) is 5. The van der Waals surface area contributed by atoms with Gasteiger partial charge < -0.3 is 15.0 Å². The van der Waals surface area contributed by atoms with Gasteiger partial charge in [0.25, 0.3) is 5.91 Å². The Morgan fingerprint density at radius 3 is 2.64 bits per heavy atom. The molecule has 6 nitrogen and oxygen atoms in total. The van der Waals surface area contributed by atoms with E-state index in [-0.39, 0.29) is 5.91 Å². The number of hydrogen-bond donors (Lipinski definition) is 1. The lowest BCUT2D eigenvalue weighted by Gasteiger charge is -2.26. The van der Waals surface area contributed by atoms with Crippen molar-refractivity contribution in [2.45, 2.75) is 0 Å². The number of morpholine rings is 1. The van der Waals surface area contributed by atoms with E-state index in [0.29, 0.717) is 35.4 Å². The Bertz CT molecular complexity index is 657. The van der Waals surface area contributed by atoms with Crippen molar-refractivity contribution in [3.05, 3.63) is 47.2 Å². The molecule has 114 valence electrons. The van der Waals surface area contributed by atoms with E-state index in [4.69, 9.17) is 16.3 Å². The Hall–Kier alpha value is -2.18. The molecule has 0 unspecified atom stereocenters. The topological polar surface area (TPSA) is 67.4 Å². The highest BCUT2D eigenvalue weighted by Crippen LogP contribution is 2.14. The Morgan fingerprint density at radius 2 is 1.95 bits per heavy atom. The van der Waals surface area contributed by atoms with Gasteiger partial charge in [0.2, 0.25) is 5.95 Å². The summed E-state index contributed by atoms with van der Waals surface area (Å²) in [6, 6.07) is 6.76. The second-order valence-corrected chi connectivity index (χ2v) is 5.27. The highest BCUT2D eigenvalue weighted by atomic mass is 35.5. The van der Waals surface area contributed by atoms with Crippen LogP contribution in [-0.4, -0.2) is 42.2 Å². The number of nitrogens with one attached hydrogen (secondary N) is 1. The largest absolute Gasteiger partial charge is 0.378 e. The molecule has 1 aliphatic rings. The van der Waals surface area contributed by atoms with Crippen LogP contribution in [0.25, 0.3) is 0 Å². The third-order valence-corrected chi connectivity index (χ3v) is 3.51. The van der Waals surface area contributed by atoms with Crippen molar-refractivity contribution in [2.75, 3.05) is 36.5 Å². The number of rotatable bonds is 3. The molecule has 1 amide bonds. The molecule has 1 N–H and O–H groups in total. The third kappa shape index (κ3) is 3.52. The molecule has 1 aromatic carbocycles. The summed E-state index contributed by atoms with van der Waals surface area (Å²) in [7, 11) is 0. The van der Waals surface area contributed by atoms with E-state index in [1.807, 2.05) is 4.90 Å². The first-order valence-electron chi connectivity index (χ1n) is 6.94. The van der Waals surface area contributed by atoms with Crippen molar-refractivity contribution >= 4 is 29.1 Å². The zero-order valence-electron chi connectivity index (χ0n) is 11.8. The summed E-state index contributed by atoms with van der Waals surface area (Å²) < 4.78 is 5.29. The van der Waals surface area contributed by atoms with Crippen LogP contribution in [0.4, 0.5) is 11.6 Å². The van der Waals surface area contributed by atoms with Crippen LogP contribution in [-0.2, 0) is 4.74 Å². The third-order valence-electron chi connectivity index (χ3n) is 3.28. The number of ether oxygens (including phenoxy) is 1. The van der Waals surface area contributed by atoms with Crippen molar-refractivity contribution in [3.8, 4) is 0 Å². The average molecular weight is 319 g/mol. The molecule has 1 aromatic heterocycles. The number of anilines is 2. The fourth-order valence-corrected chi connectivity index (χ4v) is 2.34. The summed E-state index contributed by atoms with van der Waals surface area (Å²) in [4.78, 5) is 22.7. The molecule has 0 aliphatic carbocycles. The zero-order chi connectivity index (χ0) is 15.4. The minimum absolute atomic E-state index is 0.245. The average Bonchev–Trinajstić information content (AvgIpc) is 2.56. The van der Waals surface area contributed by atoms with Gasteiger partial charge in [-0.3, -0.25) is 4.79 Å². The van der Waals surface area contributed by atoms with Gasteiger partial charge in [-0.05, 0) is 18.2 Å². The first kappa shape index (κ1) is 14.7. The van der Waals surface area contributed by atoms with E-state index in [2.05, 4.69) is 15.3 Å². The van der Waals surface area contributed by atoms with Crippen LogP contribution in [0.3, 0.4) is 0 Å². The molecule has 2 heterocycles. The van der Waals surface area contributed by atoms with Crippen LogP contribution >= 0.6 is 11.6 Å². The van der Waals surface area contributed by atoms with Gasteiger partial charge in [-0.1, -0.05) is 17.7 Å². The number of aromatic nitrogens is 2. The highest BCUT2D eigenvalue weighted by molar-refractivity contribution is 6.31. The molecule has 1 saturated heterocycles. The van der Waals surface area contributed by atoms with Gasteiger partial charge in [0.05, 0.1) is 31.3 Å². The van der Waals surface area contributed by atoms with Crippen molar-refractivity contribution in [1.29, 1.82) is 0 Å². The Labute approximate surface area is 133 Å². The van der Waals surface area contributed by atoms with Crippen molar-refractivity contribution < 1.29 is 9.53 Å². The summed E-state index contributed by atoms with van der Waals surface area (Å²) >= 11 is 5.88. The van der Waals surface area contributed by atoms with Crippen LogP contribution in [0.15, 0.2) is 36.7 Å². The van der Waals surface area contributed by atoms with E-state index < -0.39 is 0 Å². The van der Waals surface area contributed by atoms with Gasteiger partial charge in [-0.15, -0.1) is 0 Å². The van der Waals surface area contributed by atoms with E-state index in [1.165, 1.54) is 0 Å². The van der Waals surface area contributed by atoms with Crippen LogP contribution in [0.5, 0.6) is 0 Å². The van der Waals surface area contributed by atoms with Crippen LogP contribution < -0.4 is 10.2 Å². The molecule has 0 radical (unpaired) electrons. The van der Waals surface area contributed by atoms with E-state index in [9.17, 15) is 4.79 Å². The van der Waals surface area contributed by atoms with Crippen LogP contribution in [0.2, 0.25) is 5.02 Å². The molecule has 1 aliphatic heterocycles. The highest BCUT2D eigenvalue weighted by Gasteiger charge is 2.14. The summed E-state index contributed by atoms with van der Waals surface area (Å²) in [5.74, 6) is 0.397. The molecule has 3 rings (SSSR count). The summed E-state index contributed by atoms with van der Waals surface area (Å²) in [6.45, 7) is 2.90. The maximum Gasteiger partial charge on any atom is 0.255 e. The number of amides is 1. The van der Waals surface area contributed by atoms with E-state index in [1.54, 1.807) is 36.7 Å². The number of carbonyl (C=O) groups is 1. The van der Waals surface area contributed by atoms with Crippen LogP contribution in [0, 0.1) is 0 Å². The van der Waals surface area contributed by atoms with Gasteiger partial charge in [-0.25, -0.2) is 9.97 Å². The van der Waals surface area contributed by atoms with E-state index >= 15 is 0 Å². The summed E-state index contributed by atoms with van der Waals surface area (Å²) in [6.07, 6.45) is 3.19. The Kier molecular flexibility index (Phi) is 4.50. The number of nitrogens with zero attached hydrogens (tertiary/aromatic N) is 3. The molecule has 2 aromatic rings. The van der Waals surface area contributed by atoms with Gasteiger partial charge >= 0.3 is 0 Å². The molecule has 7 heteroatoms. The molecule has 0 bridgehead atoms. The van der Waals surface area contributed by atoms with Gasteiger partial charge in [-0.2, -0.15) is 0 Å². The second kappa shape index (κ2) is 6.72. The quantitative estimate of drug-likeness (QED) is 0.940. The second-order valence-electron chi connectivity index (χ2n) is 4.84. The van der Waals surface area contributed by atoms with Crippen LogP contribution in [0.1, 0.15) is 10.4 Å². The van der Waals surface area contributed by atoms with Gasteiger partial charge in [0, 0.05) is 23.7 Å². The van der Waals surface area contributed by atoms with Gasteiger partial charge in [0.15, 0.2) is 0 Å². The number of halogens is 1.